The van der Waals surface area contributed by atoms with E-state index >= 15 is 0 Å². The highest BCUT2D eigenvalue weighted by molar-refractivity contribution is 7.98. The molecule has 0 aliphatic rings. The first-order chi connectivity index (χ1) is 13.0. The number of nitrogens with zero attached hydrogens (tertiary/aromatic N) is 3. The van der Waals surface area contributed by atoms with Gasteiger partial charge in [-0.2, -0.15) is 0 Å². The summed E-state index contributed by atoms with van der Waals surface area (Å²) in [6.07, 6.45) is 3.93. The summed E-state index contributed by atoms with van der Waals surface area (Å²) in [5.41, 5.74) is 2.40. The Labute approximate surface area is 161 Å². The quantitative estimate of drug-likeness (QED) is 0.633. The number of amides is 1. The zero-order valence-corrected chi connectivity index (χ0v) is 16.0. The maximum absolute atomic E-state index is 12.8. The number of carbonyl (C=O) groups is 2. The molecule has 0 bridgehead atoms. The maximum Gasteiger partial charge on any atom is 0.308 e. The number of hydrogen-bond donors (Lipinski definition) is 1. The minimum Gasteiger partial charge on any atom is -0.481 e. The van der Waals surface area contributed by atoms with Crippen LogP contribution in [0.25, 0.3) is 5.65 Å². The zero-order chi connectivity index (χ0) is 19.4. The number of fused-ring (bicyclic) bond motifs is 1. The Morgan fingerprint density at radius 3 is 2.70 bits per heavy atom. The van der Waals surface area contributed by atoms with E-state index in [0.29, 0.717) is 11.3 Å². The molecule has 0 aliphatic carbocycles. The summed E-state index contributed by atoms with van der Waals surface area (Å²) >= 11 is 1.55. The number of pyridine rings is 1. The molecule has 0 spiro atoms. The van der Waals surface area contributed by atoms with Gasteiger partial charge in [0.2, 0.25) is 0 Å². The van der Waals surface area contributed by atoms with Crippen LogP contribution in [-0.4, -0.2) is 44.9 Å². The summed E-state index contributed by atoms with van der Waals surface area (Å²) < 4.78 is 1.97. The Kier molecular flexibility index (Phi) is 5.81. The monoisotopic (exact) mass is 383 g/mol. The third kappa shape index (κ3) is 4.49. The fraction of sp³-hybridized carbons (Fsp3) is 0.250. The van der Waals surface area contributed by atoms with E-state index in [1.807, 2.05) is 53.2 Å². The van der Waals surface area contributed by atoms with Crippen molar-refractivity contribution in [3.05, 3.63) is 66.1 Å². The largest absolute Gasteiger partial charge is 0.481 e. The topological polar surface area (TPSA) is 74.9 Å². The first-order valence-corrected chi connectivity index (χ1v) is 9.57. The zero-order valence-electron chi connectivity index (χ0n) is 15.2. The summed E-state index contributed by atoms with van der Waals surface area (Å²) in [6, 6.07) is 13.2. The molecule has 3 aromatic rings. The van der Waals surface area contributed by atoms with Crippen LogP contribution in [0.4, 0.5) is 0 Å². The van der Waals surface area contributed by atoms with E-state index in [1.54, 1.807) is 31.8 Å². The third-order valence-corrected chi connectivity index (χ3v) is 5.33. The van der Waals surface area contributed by atoms with E-state index in [-0.39, 0.29) is 12.5 Å². The average molecular weight is 383 g/mol. The van der Waals surface area contributed by atoms with Crippen molar-refractivity contribution in [3.63, 3.8) is 0 Å². The van der Waals surface area contributed by atoms with Gasteiger partial charge >= 0.3 is 5.97 Å². The predicted octanol–water partition coefficient (Wildman–Crippen LogP) is 3.42. The number of benzene rings is 1. The SMILES string of the molecule is CC(CN(C)C(=O)c1ccccc1SCc1cn2ccccc2n1)C(=O)O. The maximum atomic E-state index is 12.8. The first-order valence-electron chi connectivity index (χ1n) is 8.58. The molecule has 7 heteroatoms. The highest BCUT2D eigenvalue weighted by Crippen LogP contribution is 2.27. The smallest absolute Gasteiger partial charge is 0.308 e. The number of hydrogen-bond acceptors (Lipinski definition) is 4. The number of thioether (sulfide) groups is 1. The van der Waals surface area contributed by atoms with E-state index < -0.39 is 11.9 Å². The fourth-order valence-corrected chi connectivity index (χ4v) is 3.68. The number of carboxylic acids is 1. The van der Waals surface area contributed by atoms with Gasteiger partial charge in [0.25, 0.3) is 5.91 Å². The molecule has 1 amide bonds. The van der Waals surface area contributed by atoms with Crippen molar-refractivity contribution in [3.8, 4) is 0 Å². The van der Waals surface area contributed by atoms with Gasteiger partial charge in [0.05, 0.1) is 17.2 Å². The lowest BCUT2D eigenvalue weighted by atomic mass is 10.1. The molecule has 6 nitrogen and oxygen atoms in total. The second kappa shape index (κ2) is 8.26. The van der Waals surface area contributed by atoms with E-state index in [9.17, 15) is 9.59 Å². The van der Waals surface area contributed by atoms with Gasteiger partial charge in [-0.05, 0) is 24.3 Å². The lowest BCUT2D eigenvalue weighted by Crippen LogP contribution is -2.33. The van der Waals surface area contributed by atoms with Crippen LogP contribution in [0.5, 0.6) is 0 Å². The number of imidazole rings is 1. The van der Waals surface area contributed by atoms with Crippen molar-refractivity contribution in [1.29, 1.82) is 0 Å². The van der Waals surface area contributed by atoms with Crippen LogP contribution in [0, 0.1) is 5.92 Å². The second-order valence-electron chi connectivity index (χ2n) is 6.41. The number of aromatic nitrogens is 2. The molecule has 0 saturated carbocycles. The molecule has 27 heavy (non-hydrogen) atoms. The normalized spacial score (nSPS) is 12.1. The standard InChI is InChI=1S/C20H21N3O3S/c1-14(20(25)26)11-22(2)19(24)16-7-3-4-8-17(16)27-13-15-12-23-10-6-5-9-18(23)21-15/h3-10,12,14H,11,13H2,1-2H3,(H,25,26). The van der Waals surface area contributed by atoms with Gasteiger partial charge < -0.3 is 14.4 Å². The number of carbonyl (C=O) groups excluding carboxylic acids is 1. The molecule has 0 aliphatic heterocycles. The molecule has 2 aromatic heterocycles. The van der Waals surface area contributed by atoms with Crippen LogP contribution < -0.4 is 0 Å². The predicted molar refractivity (Wildman–Crippen MR) is 105 cm³/mol. The van der Waals surface area contributed by atoms with Gasteiger partial charge in [0, 0.05) is 36.6 Å². The van der Waals surface area contributed by atoms with Crippen LogP contribution in [0.2, 0.25) is 0 Å². The molecule has 1 aromatic carbocycles. The van der Waals surface area contributed by atoms with Gasteiger partial charge in [0.15, 0.2) is 0 Å². The molecule has 140 valence electrons. The minimum absolute atomic E-state index is 0.166. The molecule has 0 fully saturated rings. The molecular formula is C20H21N3O3S. The van der Waals surface area contributed by atoms with E-state index in [4.69, 9.17) is 5.11 Å². The van der Waals surface area contributed by atoms with E-state index in [2.05, 4.69) is 4.98 Å². The summed E-state index contributed by atoms with van der Waals surface area (Å²) in [6.45, 7) is 1.76. The van der Waals surface area contributed by atoms with Crippen LogP contribution in [0.1, 0.15) is 23.0 Å². The molecule has 1 atom stereocenters. The number of rotatable bonds is 7. The van der Waals surface area contributed by atoms with Gasteiger partial charge in [-0.15, -0.1) is 11.8 Å². The average Bonchev–Trinajstić information content (AvgIpc) is 3.08. The highest BCUT2D eigenvalue weighted by Gasteiger charge is 2.20. The molecular weight excluding hydrogens is 362 g/mol. The first kappa shape index (κ1) is 19.0. The Morgan fingerprint density at radius 1 is 1.22 bits per heavy atom. The fourth-order valence-electron chi connectivity index (χ4n) is 2.76. The summed E-state index contributed by atoms with van der Waals surface area (Å²) in [4.78, 5) is 30.7. The molecule has 1 unspecified atom stereocenters. The Hall–Kier alpha value is -2.80. The number of carboxylic acid groups (broad SMARTS) is 1. The molecule has 0 radical (unpaired) electrons. The van der Waals surface area contributed by atoms with Gasteiger partial charge in [0.1, 0.15) is 5.65 Å². The van der Waals surface area contributed by atoms with Crippen molar-refractivity contribution in [1.82, 2.24) is 14.3 Å². The van der Waals surface area contributed by atoms with E-state index in [0.717, 1.165) is 16.2 Å². The molecule has 2 heterocycles. The summed E-state index contributed by atoms with van der Waals surface area (Å²) in [5.74, 6) is -1.07. The summed E-state index contributed by atoms with van der Waals surface area (Å²) in [5, 5.41) is 9.06. The second-order valence-corrected chi connectivity index (χ2v) is 7.43. The Morgan fingerprint density at radius 2 is 1.96 bits per heavy atom. The Balaban J connectivity index is 1.73. The van der Waals surface area contributed by atoms with Crippen molar-refractivity contribution in [2.45, 2.75) is 17.6 Å². The van der Waals surface area contributed by atoms with Crippen molar-refractivity contribution in [2.75, 3.05) is 13.6 Å². The Bertz CT molecular complexity index is 937. The lowest BCUT2D eigenvalue weighted by Gasteiger charge is -2.20. The van der Waals surface area contributed by atoms with Crippen LogP contribution >= 0.6 is 11.8 Å². The summed E-state index contributed by atoms with van der Waals surface area (Å²) in [7, 11) is 1.63. The van der Waals surface area contributed by atoms with Crippen molar-refractivity contribution < 1.29 is 14.7 Å². The van der Waals surface area contributed by atoms with E-state index in [1.165, 1.54) is 4.90 Å². The third-order valence-electron chi connectivity index (χ3n) is 4.22. The van der Waals surface area contributed by atoms with Gasteiger partial charge in [-0.25, -0.2) is 4.98 Å². The van der Waals surface area contributed by atoms with Crippen molar-refractivity contribution >= 4 is 29.3 Å². The lowest BCUT2D eigenvalue weighted by molar-refractivity contribution is -0.141. The van der Waals surface area contributed by atoms with Crippen molar-refractivity contribution in [2.24, 2.45) is 5.92 Å². The van der Waals surface area contributed by atoms with Gasteiger partial charge in [-0.3, -0.25) is 9.59 Å². The minimum atomic E-state index is -0.913. The highest BCUT2D eigenvalue weighted by atomic mass is 32.2. The van der Waals surface area contributed by atoms with Crippen LogP contribution in [0.15, 0.2) is 59.8 Å². The molecule has 1 N–H and O–H groups in total. The number of aliphatic carboxylic acids is 1. The van der Waals surface area contributed by atoms with Gasteiger partial charge in [-0.1, -0.05) is 25.1 Å². The molecule has 0 saturated heterocycles. The van der Waals surface area contributed by atoms with Crippen LogP contribution in [0.3, 0.4) is 0 Å². The van der Waals surface area contributed by atoms with Crippen LogP contribution in [-0.2, 0) is 10.5 Å². The molecule has 3 rings (SSSR count).